The molecule has 1 amide bonds. The number of hydrogen-bond donors (Lipinski definition) is 2. The van der Waals surface area contributed by atoms with Gasteiger partial charge < -0.3 is 10.4 Å². The number of nitrogens with one attached hydrogen (secondary N) is 1. The zero-order valence-electron chi connectivity index (χ0n) is 10.4. The van der Waals surface area contributed by atoms with Gasteiger partial charge in [0, 0.05) is 12.6 Å². The Kier molecular flexibility index (Phi) is 3.67. The molecule has 2 unspecified atom stereocenters. The fourth-order valence-corrected chi connectivity index (χ4v) is 2.19. The lowest BCUT2D eigenvalue weighted by Crippen LogP contribution is -2.26. The van der Waals surface area contributed by atoms with Gasteiger partial charge in [-0.2, -0.15) is 5.26 Å². The lowest BCUT2D eigenvalue weighted by atomic mass is 10.1. The summed E-state index contributed by atoms with van der Waals surface area (Å²) in [6, 6.07) is 5.27. The zero-order chi connectivity index (χ0) is 14.0. The van der Waals surface area contributed by atoms with E-state index in [4.69, 9.17) is 5.26 Å². The Hall–Kier alpha value is -2.13. The zero-order valence-corrected chi connectivity index (χ0v) is 10.4. The van der Waals surface area contributed by atoms with Gasteiger partial charge >= 0.3 is 0 Å². The summed E-state index contributed by atoms with van der Waals surface area (Å²) in [4.78, 5) is 13.8. The van der Waals surface area contributed by atoms with Crippen molar-refractivity contribution in [1.82, 2.24) is 4.90 Å². The van der Waals surface area contributed by atoms with Crippen LogP contribution in [0.15, 0.2) is 18.2 Å². The molecule has 1 aliphatic heterocycles. The van der Waals surface area contributed by atoms with Crippen molar-refractivity contribution in [3.8, 4) is 11.8 Å². The van der Waals surface area contributed by atoms with Gasteiger partial charge in [-0.25, -0.2) is 4.39 Å². The van der Waals surface area contributed by atoms with Crippen molar-refractivity contribution < 1.29 is 14.3 Å². The van der Waals surface area contributed by atoms with Gasteiger partial charge in [0.1, 0.15) is 11.6 Å². The van der Waals surface area contributed by atoms with E-state index in [1.807, 2.05) is 4.90 Å². The highest BCUT2D eigenvalue weighted by molar-refractivity contribution is 5.94. The number of aromatic hydroxyl groups is 1. The number of phenolic OH excluding ortho intramolecular Hbond substituents is 1. The molecule has 2 N–H and O–H groups in total. The van der Waals surface area contributed by atoms with Crippen molar-refractivity contribution in [2.45, 2.75) is 12.5 Å². The number of halogens is 1. The van der Waals surface area contributed by atoms with Crippen LogP contribution in [0.25, 0.3) is 0 Å². The molecule has 0 spiro atoms. The summed E-state index contributed by atoms with van der Waals surface area (Å²) in [6.07, 6.45) is 0.459. The van der Waals surface area contributed by atoms with E-state index < -0.39 is 5.82 Å². The summed E-state index contributed by atoms with van der Waals surface area (Å²) in [5.41, 5.74) is 0.175. The molecule has 1 aromatic carbocycles. The summed E-state index contributed by atoms with van der Waals surface area (Å²) in [5.74, 6) is -1.46. The second kappa shape index (κ2) is 5.24. The van der Waals surface area contributed by atoms with Crippen LogP contribution < -0.4 is 5.32 Å². The minimum absolute atomic E-state index is 0.175. The van der Waals surface area contributed by atoms with Crippen LogP contribution in [0.3, 0.4) is 0 Å². The van der Waals surface area contributed by atoms with Crippen LogP contribution in [0, 0.1) is 23.1 Å². The summed E-state index contributed by atoms with van der Waals surface area (Å²) in [5, 5.41) is 21.0. The van der Waals surface area contributed by atoms with Crippen LogP contribution in [-0.4, -0.2) is 35.5 Å². The minimum Gasteiger partial charge on any atom is -0.506 e. The van der Waals surface area contributed by atoms with Crippen LogP contribution in [0.5, 0.6) is 5.75 Å². The Bertz CT molecular complexity index is 541. The highest BCUT2D eigenvalue weighted by Gasteiger charge is 2.34. The molecule has 0 aromatic heterocycles. The van der Waals surface area contributed by atoms with Crippen molar-refractivity contribution in [3.63, 3.8) is 0 Å². The number of nitrogens with zero attached hydrogens (tertiary/aromatic N) is 2. The van der Waals surface area contributed by atoms with E-state index in [1.54, 1.807) is 7.05 Å². The Morgan fingerprint density at radius 2 is 2.37 bits per heavy atom. The third-order valence-corrected chi connectivity index (χ3v) is 3.29. The summed E-state index contributed by atoms with van der Waals surface area (Å²) in [7, 11) is 1.79. The van der Waals surface area contributed by atoms with Gasteiger partial charge in [0.25, 0.3) is 0 Å². The molecule has 5 nitrogen and oxygen atoms in total. The molecule has 2 atom stereocenters. The van der Waals surface area contributed by atoms with E-state index >= 15 is 0 Å². The van der Waals surface area contributed by atoms with Crippen molar-refractivity contribution in [3.05, 3.63) is 24.0 Å². The van der Waals surface area contributed by atoms with Gasteiger partial charge in [-0.15, -0.1) is 0 Å². The Labute approximate surface area is 110 Å². The minimum atomic E-state index is -0.569. The van der Waals surface area contributed by atoms with Gasteiger partial charge in [-0.1, -0.05) is 0 Å². The number of likely N-dealkylation sites (tertiary alicyclic amines) is 1. The van der Waals surface area contributed by atoms with Gasteiger partial charge in [-0.3, -0.25) is 9.69 Å². The number of nitriles is 1. The second-order valence-corrected chi connectivity index (χ2v) is 4.67. The predicted octanol–water partition coefficient (Wildman–Crippen LogP) is 1.31. The molecule has 1 heterocycles. The molecule has 6 heteroatoms. The third kappa shape index (κ3) is 2.83. The van der Waals surface area contributed by atoms with Crippen molar-refractivity contribution in [1.29, 1.82) is 5.26 Å². The van der Waals surface area contributed by atoms with E-state index in [0.29, 0.717) is 13.0 Å². The second-order valence-electron chi connectivity index (χ2n) is 4.67. The number of benzene rings is 1. The van der Waals surface area contributed by atoms with Crippen LogP contribution in [0.1, 0.15) is 6.42 Å². The first-order chi connectivity index (χ1) is 9.01. The van der Waals surface area contributed by atoms with E-state index in [1.165, 1.54) is 6.07 Å². The van der Waals surface area contributed by atoms with Crippen LogP contribution in [-0.2, 0) is 4.79 Å². The largest absolute Gasteiger partial charge is 0.506 e. The molecule has 0 bridgehead atoms. The third-order valence-electron chi connectivity index (χ3n) is 3.29. The van der Waals surface area contributed by atoms with Crippen LogP contribution in [0.2, 0.25) is 0 Å². The summed E-state index contributed by atoms with van der Waals surface area (Å²) < 4.78 is 12.8. The number of anilines is 1. The van der Waals surface area contributed by atoms with E-state index in [0.717, 1.165) is 12.1 Å². The molecule has 1 aliphatic rings. The lowest BCUT2D eigenvalue weighted by molar-refractivity contribution is -0.119. The van der Waals surface area contributed by atoms with Gasteiger partial charge in [0.2, 0.25) is 5.91 Å². The number of carbonyl (C=O) groups excluding carboxylic acids is 1. The Morgan fingerprint density at radius 1 is 1.63 bits per heavy atom. The molecule has 1 saturated heterocycles. The molecule has 0 radical (unpaired) electrons. The first-order valence-corrected chi connectivity index (χ1v) is 5.90. The number of phenols is 1. The smallest absolute Gasteiger partial charge is 0.228 e. The van der Waals surface area contributed by atoms with Crippen molar-refractivity contribution >= 4 is 11.6 Å². The maximum Gasteiger partial charge on any atom is 0.228 e. The van der Waals surface area contributed by atoms with Crippen LogP contribution >= 0.6 is 0 Å². The molecule has 0 aliphatic carbocycles. The lowest BCUT2D eigenvalue weighted by Gasteiger charge is -2.12. The monoisotopic (exact) mass is 263 g/mol. The maximum absolute atomic E-state index is 12.8. The summed E-state index contributed by atoms with van der Waals surface area (Å²) in [6.45, 7) is 0.492. The highest BCUT2D eigenvalue weighted by atomic mass is 19.1. The molecular formula is C13H14FN3O2. The van der Waals surface area contributed by atoms with Crippen molar-refractivity contribution in [2.75, 3.05) is 18.9 Å². The topological polar surface area (TPSA) is 76.4 Å². The molecular weight excluding hydrogens is 249 g/mol. The molecule has 100 valence electrons. The number of amides is 1. The average molecular weight is 263 g/mol. The Balaban J connectivity index is 2.04. The summed E-state index contributed by atoms with van der Waals surface area (Å²) >= 11 is 0. The van der Waals surface area contributed by atoms with Crippen molar-refractivity contribution in [2.24, 2.45) is 5.92 Å². The SMILES string of the molecule is CN1CC(C(=O)Nc2ccc(F)cc2O)CC1C#N. The van der Waals surface area contributed by atoms with E-state index in [9.17, 15) is 14.3 Å². The molecule has 1 aromatic rings. The quantitative estimate of drug-likeness (QED) is 0.789. The molecule has 19 heavy (non-hydrogen) atoms. The fraction of sp³-hybridized carbons (Fsp3) is 0.385. The Morgan fingerprint density at radius 3 is 2.95 bits per heavy atom. The molecule has 2 rings (SSSR count). The average Bonchev–Trinajstić information content (AvgIpc) is 2.74. The number of rotatable bonds is 2. The normalized spacial score (nSPS) is 23.0. The van der Waals surface area contributed by atoms with E-state index in [-0.39, 0.29) is 29.3 Å². The van der Waals surface area contributed by atoms with Gasteiger partial charge in [0.15, 0.2) is 0 Å². The molecule has 0 saturated carbocycles. The van der Waals surface area contributed by atoms with Gasteiger partial charge in [0.05, 0.1) is 23.7 Å². The highest BCUT2D eigenvalue weighted by Crippen LogP contribution is 2.27. The molecule has 1 fully saturated rings. The fourth-order valence-electron chi connectivity index (χ4n) is 2.19. The number of hydrogen-bond acceptors (Lipinski definition) is 4. The van der Waals surface area contributed by atoms with Crippen LogP contribution in [0.4, 0.5) is 10.1 Å². The van der Waals surface area contributed by atoms with E-state index in [2.05, 4.69) is 11.4 Å². The van der Waals surface area contributed by atoms with Gasteiger partial charge in [-0.05, 0) is 25.6 Å². The standard InChI is InChI=1S/C13H14FN3O2/c1-17-7-8(4-10(17)6-15)13(19)16-11-3-2-9(14)5-12(11)18/h2-3,5,8,10,18H,4,7H2,1H3,(H,16,19). The maximum atomic E-state index is 12.8. The number of carbonyl (C=O) groups is 1. The predicted molar refractivity (Wildman–Crippen MR) is 66.8 cm³/mol. The first-order valence-electron chi connectivity index (χ1n) is 5.90. The first kappa shape index (κ1) is 13.3.